The van der Waals surface area contributed by atoms with Crippen LogP contribution in [-0.2, 0) is 21.4 Å². The Morgan fingerprint density at radius 3 is 2.70 bits per heavy atom. The fourth-order valence-electron chi connectivity index (χ4n) is 2.72. The highest BCUT2D eigenvalue weighted by atomic mass is 32.2. The number of aromatic nitrogens is 2. The number of aryl methyl sites for hydroxylation is 1. The topological polar surface area (TPSA) is 150 Å². The van der Waals surface area contributed by atoms with E-state index >= 15 is 0 Å². The first-order chi connectivity index (χ1) is 14.1. The van der Waals surface area contributed by atoms with E-state index in [1.807, 2.05) is 6.92 Å². The smallest absolute Gasteiger partial charge is 0.271 e. The number of sulfonamides is 1. The van der Waals surface area contributed by atoms with Gasteiger partial charge in [0.1, 0.15) is 5.82 Å². The van der Waals surface area contributed by atoms with Crippen LogP contribution in [0, 0.1) is 15.9 Å². The average molecular weight is 453 g/mol. The van der Waals surface area contributed by atoms with Gasteiger partial charge in [-0.1, -0.05) is 11.8 Å². The lowest BCUT2D eigenvalue weighted by Crippen LogP contribution is -2.15. The number of thioether (sulfide) groups is 1. The maximum Gasteiger partial charge on any atom is 0.271 e. The molecule has 0 aliphatic carbocycles. The summed E-state index contributed by atoms with van der Waals surface area (Å²) in [5, 5.41) is 18.7. The highest BCUT2D eigenvalue weighted by Gasteiger charge is 2.17. The molecule has 13 heteroatoms. The SMILES string of the molecule is CCn1c(SCC(=O)Nc2cc([N+](=O)[O-])ccc2F)nc2cc(S(N)(=O)=O)ccc21. The molecule has 0 bridgehead atoms. The Morgan fingerprint density at radius 1 is 1.33 bits per heavy atom. The standard InChI is InChI=1S/C17H16FN5O5S2/c1-2-22-15-6-4-11(30(19,27)28)8-14(15)21-17(22)29-9-16(24)20-13-7-10(23(25)26)3-5-12(13)18/h3-8H,2,9H2,1H3,(H,20,24)(H2,19,27,28). The van der Waals surface area contributed by atoms with Crippen LogP contribution in [0.5, 0.6) is 0 Å². The number of primary sulfonamides is 1. The Kier molecular flexibility index (Phi) is 6.05. The second-order valence-corrected chi connectivity index (χ2v) is 8.60. The number of halogens is 1. The lowest BCUT2D eigenvalue weighted by molar-refractivity contribution is -0.384. The van der Waals surface area contributed by atoms with Crippen LogP contribution in [-0.4, -0.2) is 34.6 Å². The molecule has 1 amide bonds. The summed E-state index contributed by atoms with van der Waals surface area (Å²) in [6.45, 7) is 2.37. The number of hydrogen-bond donors (Lipinski definition) is 2. The Hall–Kier alpha value is -3.03. The Balaban J connectivity index is 1.79. The van der Waals surface area contributed by atoms with Gasteiger partial charge in [0.25, 0.3) is 5.69 Å². The number of nitrogens with zero attached hydrogens (tertiary/aromatic N) is 3. The Bertz CT molecular complexity index is 1260. The highest BCUT2D eigenvalue weighted by molar-refractivity contribution is 7.99. The number of carbonyl (C=O) groups excluding carboxylic acids is 1. The minimum Gasteiger partial charge on any atom is -0.323 e. The number of nitrogens with two attached hydrogens (primary N) is 1. The quantitative estimate of drug-likeness (QED) is 0.317. The molecule has 2 aromatic carbocycles. The van der Waals surface area contributed by atoms with Gasteiger partial charge < -0.3 is 9.88 Å². The maximum absolute atomic E-state index is 13.8. The summed E-state index contributed by atoms with van der Waals surface area (Å²) in [5.74, 6) is -1.53. The Morgan fingerprint density at radius 2 is 2.07 bits per heavy atom. The predicted molar refractivity (Wildman–Crippen MR) is 109 cm³/mol. The summed E-state index contributed by atoms with van der Waals surface area (Å²) < 4.78 is 38.7. The first kappa shape index (κ1) is 21.7. The fraction of sp³-hybridized carbons (Fsp3) is 0.176. The summed E-state index contributed by atoms with van der Waals surface area (Å²) >= 11 is 1.06. The van der Waals surface area contributed by atoms with Crippen LogP contribution < -0.4 is 10.5 Å². The van der Waals surface area contributed by atoms with Gasteiger partial charge in [-0.05, 0) is 31.2 Å². The van der Waals surface area contributed by atoms with E-state index in [0.29, 0.717) is 22.7 Å². The van der Waals surface area contributed by atoms with Crippen molar-refractivity contribution >= 4 is 50.1 Å². The molecular weight excluding hydrogens is 437 g/mol. The minimum absolute atomic E-state index is 0.0776. The number of hydrogen-bond acceptors (Lipinski definition) is 7. The van der Waals surface area contributed by atoms with Gasteiger partial charge >= 0.3 is 0 Å². The van der Waals surface area contributed by atoms with E-state index in [2.05, 4.69) is 10.3 Å². The second kappa shape index (κ2) is 8.38. The number of fused-ring (bicyclic) bond motifs is 1. The van der Waals surface area contributed by atoms with Gasteiger partial charge in [-0.2, -0.15) is 0 Å². The fourth-order valence-corrected chi connectivity index (χ4v) is 4.13. The summed E-state index contributed by atoms with van der Waals surface area (Å²) in [6.07, 6.45) is 0. The van der Waals surface area contributed by atoms with Gasteiger partial charge in [0.2, 0.25) is 15.9 Å². The van der Waals surface area contributed by atoms with Crippen molar-refractivity contribution in [3.8, 4) is 0 Å². The first-order valence-corrected chi connectivity index (χ1v) is 11.0. The molecular formula is C17H16FN5O5S2. The Labute approximate surface area is 174 Å². The van der Waals surface area contributed by atoms with Crippen molar-refractivity contribution in [3.05, 3.63) is 52.3 Å². The molecule has 0 atom stereocenters. The number of non-ortho nitro benzene ring substituents is 1. The van der Waals surface area contributed by atoms with E-state index in [0.717, 1.165) is 30.0 Å². The molecule has 0 radical (unpaired) electrons. The van der Waals surface area contributed by atoms with Gasteiger partial charge in [0, 0.05) is 18.7 Å². The van der Waals surface area contributed by atoms with Gasteiger partial charge in [-0.15, -0.1) is 0 Å². The summed E-state index contributed by atoms with van der Waals surface area (Å²) in [7, 11) is -3.88. The summed E-state index contributed by atoms with van der Waals surface area (Å²) in [6, 6.07) is 7.14. The van der Waals surface area contributed by atoms with Crippen LogP contribution in [0.15, 0.2) is 46.5 Å². The van der Waals surface area contributed by atoms with E-state index in [-0.39, 0.29) is 22.0 Å². The molecule has 3 rings (SSSR count). The molecule has 0 saturated carbocycles. The maximum atomic E-state index is 13.8. The molecule has 0 saturated heterocycles. The molecule has 0 aliphatic heterocycles. The molecule has 0 fully saturated rings. The largest absolute Gasteiger partial charge is 0.323 e. The van der Waals surface area contributed by atoms with Gasteiger partial charge in [-0.3, -0.25) is 14.9 Å². The van der Waals surface area contributed by atoms with E-state index in [9.17, 15) is 27.7 Å². The summed E-state index contributed by atoms with van der Waals surface area (Å²) in [5.41, 5.74) is 0.419. The van der Waals surface area contributed by atoms with Crippen LogP contribution >= 0.6 is 11.8 Å². The number of carbonyl (C=O) groups is 1. The van der Waals surface area contributed by atoms with Crippen LogP contribution in [0.1, 0.15) is 6.92 Å². The normalized spacial score (nSPS) is 11.6. The first-order valence-electron chi connectivity index (χ1n) is 8.50. The number of amides is 1. The van der Waals surface area contributed by atoms with Crippen molar-refractivity contribution in [1.29, 1.82) is 0 Å². The molecule has 1 heterocycles. The molecule has 3 N–H and O–H groups in total. The molecule has 0 unspecified atom stereocenters. The van der Waals surface area contributed by atoms with Crippen molar-refractivity contribution in [2.24, 2.45) is 5.14 Å². The lowest BCUT2D eigenvalue weighted by Gasteiger charge is -2.07. The molecule has 30 heavy (non-hydrogen) atoms. The third-order valence-electron chi connectivity index (χ3n) is 4.10. The number of benzene rings is 2. The van der Waals surface area contributed by atoms with Crippen LogP contribution in [0.3, 0.4) is 0 Å². The zero-order valence-corrected chi connectivity index (χ0v) is 17.2. The number of nitrogens with one attached hydrogen (secondary N) is 1. The third-order valence-corrected chi connectivity index (χ3v) is 5.98. The van der Waals surface area contributed by atoms with Crippen LogP contribution in [0.4, 0.5) is 15.8 Å². The van der Waals surface area contributed by atoms with Crippen molar-refractivity contribution in [1.82, 2.24) is 9.55 Å². The lowest BCUT2D eigenvalue weighted by atomic mass is 10.2. The predicted octanol–water partition coefficient (Wildman–Crippen LogP) is 2.48. The highest BCUT2D eigenvalue weighted by Crippen LogP contribution is 2.27. The van der Waals surface area contributed by atoms with Crippen molar-refractivity contribution in [2.75, 3.05) is 11.1 Å². The third kappa shape index (κ3) is 4.58. The molecule has 0 spiro atoms. The monoisotopic (exact) mass is 453 g/mol. The van der Waals surface area contributed by atoms with Gasteiger partial charge in [0.15, 0.2) is 5.16 Å². The van der Waals surface area contributed by atoms with E-state index in [1.165, 1.54) is 12.1 Å². The molecule has 0 aliphatic rings. The minimum atomic E-state index is -3.88. The number of nitro groups is 1. The molecule has 158 valence electrons. The van der Waals surface area contributed by atoms with Crippen LogP contribution in [0.2, 0.25) is 0 Å². The second-order valence-electron chi connectivity index (χ2n) is 6.09. The molecule has 1 aromatic heterocycles. The van der Waals surface area contributed by atoms with Crippen molar-refractivity contribution in [3.63, 3.8) is 0 Å². The number of nitro benzene ring substituents is 1. The van der Waals surface area contributed by atoms with E-state index < -0.39 is 26.7 Å². The van der Waals surface area contributed by atoms with Crippen LogP contribution in [0.25, 0.3) is 11.0 Å². The zero-order valence-electron chi connectivity index (χ0n) is 15.5. The van der Waals surface area contributed by atoms with E-state index in [4.69, 9.17) is 5.14 Å². The summed E-state index contributed by atoms with van der Waals surface area (Å²) in [4.78, 5) is 26.6. The molecule has 3 aromatic rings. The van der Waals surface area contributed by atoms with Gasteiger partial charge in [-0.25, -0.2) is 22.9 Å². The van der Waals surface area contributed by atoms with Gasteiger partial charge in [0.05, 0.1) is 32.3 Å². The average Bonchev–Trinajstić information content (AvgIpc) is 3.03. The van der Waals surface area contributed by atoms with Crippen molar-refractivity contribution in [2.45, 2.75) is 23.5 Å². The van der Waals surface area contributed by atoms with Crippen molar-refractivity contribution < 1.29 is 22.5 Å². The zero-order chi connectivity index (χ0) is 22.1. The number of anilines is 1. The number of rotatable bonds is 7. The number of imidazole rings is 1. The molecule has 10 nitrogen and oxygen atoms in total. The van der Waals surface area contributed by atoms with E-state index in [1.54, 1.807) is 10.6 Å².